The lowest BCUT2D eigenvalue weighted by molar-refractivity contribution is -0.137. The van der Waals surface area contributed by atoms with Crippen LogP contribution in [0.15, 0.2) is 55.3 Å². The quantitative estimate of drug-likeness (QED) is 0.298. The highest BCUT2D eigenvalue weighted by atomic mass is 19.4. The summed E-state index contributed by atoms with van der Waals surface area (Å²) in [7, 11) is 0.269. The van der Waals surface area contributed by atoms with Crippen molar-refractivity contribution in [2.75, 3.05) is 23.1 Å². The molecule has 2 heterocycles. The van der Waals surface area contributed by atoms with Gasteiger partial charge in [-0.05, 0) is 47.4 Å². The van der Waals surface area contributed by atoms with E-state index in [0.717, 1.165) is 11.6 Å². The van der Waals surface area contributed by atoms with Crippen LogP contribution >= 0.6 is 0 Å². The first-order chi connectivity index (χ1) is 16.7. The number of alkyl halides is 3. The first-order valence-corrected chi connectivity index (χ1v) is 10.2. The van der Waals surface area contributed by atoms with Crippen molar-refractivity contribution < 1.29 is 32.4 Å². The second kappa shape index (κ2) is 9.64. The number of halogens is 3. The predicted molar refractivity (Wildman–Crippen MR) is 124 cm³/mol. The second-order valence-electron chi connectivity index (χ2n) is 7.39. The number of carbonyl (C=O) groups excluding carboxylic acids is 1. The predicted octanol–water partition coefficient (Wildman–Crippen LogP) is 3.33. The van der Waals surface area contributed by atoms with Gasteiger partial charge in [0.05, 0.1) is 19.4 Å². The van der Waals surface area contributed by atoms with Gasteiger partial charge in [0.1, 0.15) is 17.1 Å². The van der Waals surface area contributed by atoms with Crippen molar-refractivity contribution in [3.63, 3.8) is 0 Å². The number of fused-ring (bicyclic) bond motifs is 1. The number of ether oxygens (including phenoxy) is 1. The maximum absolute atomic E-state index is 13.7. The summed E-state index contributed by atoms with van der Waals surface area (Å²) in [6.07, 6.45) is -3.04. The molecule has 0 atom stereocenters. The molecule has 1 aromatic heterocycles. The van der Waals surface area contributed by atoms with Gasteiger partial charge in [0.15, 0.2) is 0 Å². The molecule has 0 bridgehead atoms. The van der Waals surface area contributed by atoms with E-state index in [2.05, 4.69) is 32.5 Å². The Morgan fingerprint density at radius 1 is 1.23 bits per heavy atom. The molecule has 13 heteroatoms. The van der Waals surface area contributed by atoms with E-state index >= 15 is 0 Å². The van der Waals surface area contributed by atoms with Gasteiger partial charge in [0, 0.05) is 17.6 Å². The molecule has 0 saturated heterocycles. The molecule has 9 nitrogen and oxygen atoms in total. The van der Waals surface area contributed by atoms with E-state index in [9.17, 15) is 23.0 Å². The Morgan fingerprint density at radius 3 is 2.71 bits per heavy atom. The topological polar surface area (TPSA) is 118 Å². The van der Waals surface area contributed by atoms with Crippen LogP contribution < -0.4 is 26.2 Å². The van der Waals surface area contributed by atoms with E-state index in [-0.39, 0.29) is 24.0 Å². The molecule has 1 aliphatic heterocycles. The summed E-state index contributed by atoms with van der Waals surface area (Å²) in [5.41, 5.74) is 1.12. The van der Waals surface area contributed by atoms with E-state index in [1.54, 1.807) is 18.2 Å². The Labute approximate surface area is 198 Å². The molecule has 0 aliphatic carbocycles. The molecule has 1 amide bonds. The van der Waals surface area contributed by atoms with Crippen LogP contribution in [0.2, 0.25) is 0 Å². The van der Waals surface area contributed by atoms with E-state index < -0.39 is 30.6 Å². The number of hydrogen-bond donors (Lipinski definition) is 4. The summed E-state index contributed by atoms with van der Waals surface area (Å²) in [4.78, 5) is 19.4. The van der Waals surface area contributed by atoms with Crippen LogP contribution in [0.5, 0.6) is 5.75 Å². The highest BCUT2D eigenvalue weighted by molar-refractivity contribution is 6.61. The van der Waals surface area contributed by atoms with Crippen molar-refractivity contribution in [3.05, 3.63) is 66.4 Å². The second-order valence-corrected chi connectivity index (χ2v) is 7.39. The fourth-order valence-corrected chi connectivity index (χ4v) is 3.37. The first-order valence-electron chi connectivity index (χ1n) is 10.2. The number of rotatable bonds is 7. The molecule has 0 fully saturated rings. The van der Waals surface area contributed by atoms with Crippen LogP contribution in [0.1, 0.15) is 11.1 Å². The normalized spacial score (nSPS) is 12.7. The zero-order valence-electron chi connectivity index (χ0n) is 18.3. The Balaban J connectivity index is 1.68. The third-order valence-electron chi connectivity index (χ3n) is 5.06. The molecule has 1 aliphatic rings. The Morgan fingerprint density at radius 2 is 2.00 bits per heavy atom. The fourth-order valence-electron chi connectivity index (χ4n) is 3.37. The number of aromatic nitrogens is 2. The van der Waals surface area contributed by atoms with Gasteiger partial charge in [-0.3, -0.25) is 4.79 Å². The Bertz CT molecular complexity index is 1290. The molecule has 0 radical (unpaired) electrons. The molecule has 35 heavy (non-hydrogen) atoms. The third-order valence-corrected chi connectivity index (χ3v) is 5.06. The van der Waals surface area contributed by atoms with Crippen LogP contribution in [-0.4, -0.2) is 35.1 Å². The number of nitrogens with zero attached hydrogens (tertiary/aromatic N) is 2. The number of benzene rings is 2. The first kappa shape index (κ1) is 24.0. The number of nitrogens with one attached hydrogen (secondary N) is 3. The molecule has 2 aromatic carbocycles. The summed E-state index contributed by atoms with van der Waals surface area (Å²) in [5.74, 6) is -0.931. The number of carbonyl (C=O) groups is 1. The third kappa shape index (κ3) is 5.36. The van der Waals surface area contributed by atoms with Gasteiger partial charge in [-0.25, -0.2) is 4.98 Å². The summed E-state index contributed by atoms with van der Waals surface area (Å²) in [6.45, 7) is 3.62. The molecular weight excluding hydrogens is 466 g/mol. The Kier molecular flexibility index (Phi) is 6.62. The van der Waals surface area contributed by atoms with Crippen molar-refractivity contribution in [1.82, 2.24) is 9.97 Å². The minimum Gasteiger partial charge on any atom is -0.495 e. The molecule has 0 saturated carbocycles. The van der Waals surface area contributed by atoms with E-state index in [0.29, 0.717) is 23.0 Å². The number of anilines is 5. The van der Waals surface area contributed by atoms with Crippen molar-refractivity contribution in [1.29, 1.82) is 0 Å². The van der Waals surface area contributed by atoms with Crippen LogP contribution in [0, 0.1) is 0 Å². The maximum Gasteiger partial charge on any atom is 0.491 e. The molecule has 180 valence electrons. The molecular formula is C22H19BF3N5O4. The van der Waals surface area contributed by atoms with E-state index in [4.69, 9.17) is 9.39 Å². The van der Waals surface area contributed by atoms with Gasteiger partial charge in [0.25, 0.3) is 0 Å². The van der Waals surface area contributed by atoms with Crippen LogP contribution in [-0.2, 0) is 22.2 Å². The average Bonchev–Trinajstić information content (AvgIpc) is 3.18. The van der Waals surface area contributed by atoms with E-state index in [1.807, 2.05) is 0 Å². The summed E-state index contributed by atoms with van der Waals surface area (Å²) >= 11 is 0. The van der Waals surface area contributed by atoms with E-state index in [1.165, 1.54) is 25.3 Å². The maximum atomic E-state index is 13.7. The lowest BCUT2D eigenvalue weighted by Crippen LogP contribution is -2.28. The molecule has 0 spiro atoms. The summed E-state index contributed by atoms with van der Waals surface area (Å²) < 4.78 is 51.5. The monoisotopic (exact) mass is 485 g/mol. The highest BCUT2D eigenvalue weighted by Gasteiger charge is 2.36. The van der Waals surface area contributed by atoms with Gasteiger partial charge in [-0.2, -0.15) is 18.2 Å². The number of methoxy groups -OCH3 is 1. The summed E-state index contributed by atoms with van der Waals surface area (Å²) in [5, 5.41) is 17.9. The lowest BCUT2D eigenvalue weighted by Gasteiger charge is -2.17. The lowest BCUT2D eigenvalue weighted by atomic mass is 9.79. The average molecular weight is 485 g/mol. The summed E-state index contributed by atoms with van der Waals surface area (Å²) in [6, 6.07) is 9.41. The van der Waals surface area contributed by atoms with Crippen molar-refractivity contribution in [3.8, 4) is 5.75 Å². The van der Waals surface area contributed by atoms with Gasteiger partial charge in [0.2, 0.25) is 11.9 Å². The van der Waals surface area contributed by atoms with Gasteiger partial charge in [-0.1, -0.05) is 12.6 Å². The zero-order valence-corrected chi connectivity index (χ0v) is 18.3. The van der Waals surface area contributed by atoms with Crippen LogP contribution in [0.25, 0.3) is 0 Å². The zero-order chi connectivity index (χ0) is 25.2. The fraction of sp³-hybridized carbons (Fsp3) is 0.136. The molecule has 3 aromatic rings. The SMILES string of the molecule is C=CC(=O)Nc1ccc(OC)c(Nc2nc(Nc3ccc4c(c3)B(O)OC4)ncc2C(F)(F)F)c1. The Hall–Kier alpha value is -4.10. The van der Waals surface area contributed by atoms with Crippen molar-refractivity contribution in [2.24, 2.45) is 0 Å². The van der Waals surface area contributed by atoms with Gasteiger partial charge >= 0.3 is 13.3 Å². The van der Waals surface area contributed by atoms with Gasteiger partial charge < -0.3 is 30.4 Å². The minimum atomic E-state index is -4.75. The number of amides is 1. The standard InChI is InChI=1S/C22H19BF3N5O4/c1-3-19(32)28-14-6-7-18(34-2)17(9-14)30-20-15(22(24,25)26)10-27-21(31-20)29-13-5-4-12-11-35-23(33)16(12)8-13/h3-10,33H,1,11H2,2H3,(H,28,32)(H2,27,29,30,31). The number of hydrogen-bond acceptors (Lipinski definition) is 8. The highest BCUT2D eigenvalue weighted by Crippen LogP contribution is 2.38. The minimum absolute atomic E-state index is 0.121. The largest absolute Gasteiger partial charge is 0.495 e. The van der Waals surface area contributed by atoms with Crippen molar-refractivity contribution >= 4 is 47.3 Å². The van der Waals surface area contributed by atoms with Crippen LogP contribution in [0.3, 0.4) is 0 Å². The van der Waals surface area contributed by atoms with Gasteiger partial charge in [-0.15, -0.1) is 0 Å². The smallest absolute Gasteiger partial charge is 0.491 e. The molecule has 0 unspecified atom stereocenters. The van der Waals surface area contributed by atoms with Crippen LogP contribution in [0.4, 0.5) is 42.0 Å². The molecule has 4 N–H and O–H groups in total. The molecule has 4 rings (SSSR count). The van der Waals surface area contributed by atoms with Crippen molar-refractivity contribution in [2.45, 2.75) is 12.8 Å².